The van der Waals surface area contributed by atoms with Gasteiger partial charge in [0, 0.05) is 0 Å². The van der Waals surface area contributed by atoms with Crippen LogP contribution in [0.3, 0.4) is 0 Å². The number of hydrogen-bond acceptors (Lipinski definition) is 2. The SMILES string of the molecule is O=C(O)C(Cc1ccccc1)SC(c1ccccc1)(c1ccccc1)c1ccccc1. The predicted molar refractivity (Wildman–Crippen MR) is 128 cm³/mol. The van der Waals surface area contributed by atoms with Crippen molar-refractivity contribution in [3.8, 4) is 0 Å². The molecule has 3 heteroatoms. The van der Waals surface area contributed by atoms with Gasteiger partial charge in [-0.05, 0) is 28.7 Å². The first-order chi connectivity index (χ1) is 15.2. The topological polar surface area (TPSA) is 37.3 Å². The summed E-state index contributed by atoms with van der Waals surface area (Å²) in [5.74, 6) is -0.805. The molecule has 0 amide bonds. The average molecular weight is 425 g/mol. The van der Waals surface area contributed by atoms with Crippen molar-refractivity contribution in [3.05, 3.63) is 144 Å². The summed E-state index contributed by atoms with van der Waals surface area (Å²) < 4.78 is -0.651. The maximum atomic E-state index is 12.5. The highest BCUT2D eigenvalue weighted by atomic mass is 32.2. The van der Waals surface area contributed by atoms with Gasteiger partial charge in [0.25, 0.3) is 0 Å². The number of aliphatic carboxylic acids is 1. The summed E-state index contributed by atoms with van der Waals surface area (Å²) in [5.41, 5.74) is 4.22. The normalized spacial score (nSPS) is 12.3. The molecular formula is C28H24O2S. The first-order valence-electron chi connectivity index (χ1n) is 10.3. The molecule has 4 aromatic rings. The Morgan fingerprint density at radius 3 is 1.35 bits per heavy atom. The Labute approximate surface area is 187 Å². The summed E-state index contributed by atoms with van der Waals surface area (Å²) in [6, 6.07) is 40.5. The Morgan fingerprint density at radius 1 is 0.645 bits per heavy atom. The van der Waals surface area contributed by atoms with Crippen molar-refractivity contribution in [2.24, 2.45) is 0 Å². The minimum Gasteiger partial charge on any atom is -0.480 e. The Hall–Kier alpha value is -3.30. The number of hydrogen-bond donors (Lipinski definition) is 1. The van der Waals surface area contributed by atoms with E-state index in [1.807, 2.05) is 84.9 Å². The molecule has 1 atom stereocenters. The number of benzene rings is 4. The van der Waals surface area contributed by atoms with Crippen LogP contribution in [0.5, 0.6) is 0 Å². The van der Waals surface area contributed by atoms with Gasteiger partial charge in [-0.25, -0.2) is 0 Å². The molecule has 4 rings (SSSR count). The van der Waals surface area contributed by atoms with Crippen LogP contribution in [-0.2, 0) is 16.0 Å². The zero-order chi connectivity index (χ0) is 21.5. The molecule has 1 N–H and O–H groups in total. The number of carbonyl (C=O) groups is 1. The van der Waals surface area contributed by atoms with Crippen LogP contribution in [0.4, 0.5) is 0 Å². The summed E-state index contributed by atoms with van der Waals surface area (Å²) in [7, 11) is 0. The summed E-state index contributed by atoms with van der Waals surface area (Å²) in [4.78, 5) is 12.5. The van der Waals surface area contributed by atoms with Crippen LogP contribution < -0.4 is 0 Å². The average Bonchev–Trinajstić information content (AvgIpc) is 2.84. The van der Waals surface area contributed by atoms with Gasteiger partial charge in [-0.1, -0.05) is 121 Å². The van der Waals surface area contributed by atoms with E-state index < -0.39 is 16.0 Å². The van der Waals surface area contributed by atoms with Gasteiger partial charge in [0.1, 0.15) is 5.25 Å². The smallest absolute Gasteiger partial charge is 0.317 e. The second-order valence-corrected chi connectivity index (χ2v) is 8.83. The van der Waals surface area contributed by atoms with Crippen molar-refractivity contribution in [1.82, 2.24) is 0 Å². The van der Waals surface area contributed by atoms with Crippen LogP contribution in [0.15, 0.2) is 121 Å². The Balaban J connectivity index is 1.90. The van der Waals surface area contributed by atoms with E-state index in [1.54, 1.807) is 0 Å². The Kier molecular flexibility index (Phi) is 6.54. The summed E-state index contributed by atoms with van der Waals surface area (Å²) >= 11 is 1.50. The third-order valence-electron chi connectivity index (χ3n) is 5.40. The molecule has 4 aromatic carbocycles. The van der Waals surface area contributed by atoms with Gasteiger partial charge in [-0.15, -0.1) is 11.8 Å². The first-order valence-corrected chi connectivity index (χ1v) is 11.2. The van der Waals surface area contributed by atoms with Crippen LogP contribution in [0, 0.1) is 0 Å². The van der Waals surface area contributed by atoms with Gasteiger partial charge in [0.2, 0.25) is 0 Å². The minimum atomic E-state index is -0.805. The van der Waals surface area contributed by atoms with Crippen LogP contribution in [0.2, 0.25) is 0 Å². The predicted octanol–water partition coefficient (Wildman–Crippen LogP) is 6.41. The molecule has 0 radical (unpaired) electrons. The number of thioether (sulfide) groups is 1. The van der Waals surface area contributed by atoms with E-state index in [9.17, 15) is 9.90 Å². The van der Waals surface area contributed by atoms with Crippen LogP contribution in [-0.4, -0.2) is 16.3 Å². The van der Waals surface area contributed by atoms with Crippen molar-refractivity contribution < 1.29 is 9.90 Å². The fourth-order valence-electron chi connectivity index (χ4n) is 3.94. The van der Waals surface area contributed by atoms with E-state index in [0.29, 0.717) is 6.42 Å². The van der Waals surface area contributed by atoms with Crippen LogP contribution in [0.1, 0.15) is 22.3 Å². The van der Waals surface area contributed by atoms with Gasteiger partial charge >= 0.3 is 5.97 Å². The van der Waals surface area contributed by atoms with Crippen molar-refractivity contribution in [2.45, 2.75) is 16.4 Å². The molecule has 154 valence electrons. The lowest BCUT2D eigenvalue weighted by molar-refractivity contribution is -0.136. The molecule has 0 saturated heterocycles. The second-order valence-electron chi connectivity index (χ2n) is 7.41. The molecule has 0 heterocycles. The molecule has 0 fully saturated rings. The molecule has 0 bridgehead atoms. The minimum absolute atomic E-state index is 0.453. The highest BCUT2D eigenvalue weighted by Crippen LogP contribution is 2.50. The zero-order valence-electron chi connectivity index (χ0n) is 17.1. The van der Waals surface area contributed by atoms with Gasteiger partial charge in [0.15, 0.2) is 0 Å². The fraction of sp³-hybridized carbons (Fsp3) is 0.107. The van der Waals surface area contributed by atoms with Gasteiger partial charge < -0.3 is 5.11 Å². The maximum absolute atomic E-state index is 12.5. The lowest BCUT2D eigenvalue weighted by Crippen LogP contribution is -2.32. The van der Waals surface area contributed by atoms with E-state index >= 15 is 0 Å². The lowest BCUT2D eigenvalue weighted by atomic mass is 9.84. The summed E-state index contributed by atoms with van der Waals surface area (Å²) in [6.07, 6.45) is 0.453. The van der Waals surface area contributed by atoms with Crippen LogP contribution in [0.25, 0.3) is 0 Å². The van der Waals surface area contributed by atoms with Gasteiger partial charge in [-0.2, -0.15) is 0 Å². The second kappa shape index (κ2) is 9.67. The highest BCUT2D eigenvalue weighted by Gasteiger charge is 2.41. The molecule has 0 aliphatic carbocycles. The lowest BCUT2D eigenvalue weighted by Gasteiger charge is -2.37. The van der Waals surface area contributed by atoms with Crippen LogP contribution >= 0.6 is 11.8 Å². The van der Waals surface area contributed by atoms with Crippen molar-refractivity contribution in [2.75, 3.05) is 0 Å². The number of rotatable bonds is 8. The standard InChI is InChI=1S/C28H24O2S/c29-27(30)26(21-22-13-5-1-6-14-22)31-28(23-15-7-2-8-16-23,24-17-9-3-10-18-24)25-19-11-4-12-20-25/h1-20,26H,21H2,(H,29,30). The molecule has 31 heavy (non-hydrogen) atoms. The highest BCUT2D eigenvalue weighted by molar-refractivity contribution is 8.01. The van der Waals surface area contributed by atoms with E-state index in [0.717, 1.165) is 22.3 Å². The van der Waals surface area contributed by atoms with Crippen molar-refractivity contribution >= 4 is 17.7 Å². The molecular weight excluding hydrogens is 400 g/mol. The maximum Gasteiger partial charge on any atom is 0.317 e. The van der Waals surface area contributed by atoms with E-state index in [2.05, 4.69) is 36.4 Å². The van der Waals surface area contributed by atoms with Gasteiger partial charge in [0.05, 0.1) is 4.75 Å². The van der Waals surface area contributed by atoms with E-state index in [1.165, 1.54) is 11.8 Å². The van der Waals surface area contributed by atoms with E-state index in [4.69, 9.17) is 0 Å². The Bertz CT molecular complexity index is 1000. The molecule has 1 unspecified atom stereocenters. The first kappa shape index (κ1) is 21.0. The molecule has 0 aliphatic heterocycles. The largest absolute Gasteiger partial charge is 0.480 e. The summed E-state index contributed by atoms with van der Waals surface area (Å²) in [5, 5.41) is 9.60. The summed E-state index contributed by atoms with van der Waals surface area (Å²) in [6.45, 7) is 0. The zero-order valence-corrected chi connectivity index (χ0v) is 17.9. The quantitative estimate of drug-likeness (QED) is 0.332. The molecule has 0 aromatic heterocycles. The Morgan fingerprint density at radius 2 is 1.00 bits per heavy atom. The number of carboxylic acid groups (broad SMARTS) is 1. The van der Waals surface area contributed by atoms with E-state index in [-0.39, 0.29) is 0 Å². The molecule has 0 aliphatic rings. The van der Waals surface area contributed by atoms with Gasteiger partial charge in [-0.3, -0.25) is 4.79 Å². The third-order valence-corrected chi connectivity index (χ3v) is 7.11. The molecule has 2 nitrogen and oxygen atoms in total. The monoisotopic (exact) mass is 424 g/mol. The fourth-order valence-corrected chi connectivity index (χ4v) is 5.56. The molecule has 0 saturated carbocycles. The molecule has 0 spiro atoms. The third kappa shape index (κ3) is 4.57. The van der Waals surface area contributed by atoms with Crippen molar-refractivity contribution in [1.29, 1.82) is 0 Å². The van der Waals surface area contributed by atoms with Crippen molar-refractivity contribution in [3.63, 3.8) is 0 Å². The number of carboxylic acids is 1.